The van der Waals surface area contributed by atoms with Crippen LogP contribution in [0.5, 0.6) is 0 Å². The van der Waals surface area contributed by atoms with E-state index in [0.29, 0.717) is 49.7 Å². The molecule has 0 bridgehead atoms. The number of hydrogen-bond donors (Lipinski definition) is 0. The third-order valence-corrected chi connectivity index (χ3v) is 6.77. The highest BCUT2D eigenvalue weighted by atomic mass is 16.6. The van der Waals surface area contributed by atoms with Gasteiger partial charge in [-0.1, -0.05) is 18.2 Å². The Labute approximate surface area is 222 Å². The number of carbonyl (C=O) groups is 4. The molecule has 10 heteroatoms. The molecule has 0 saturated carbocycles. The average molecular weight is 523 g/mol. The van der Waals surface area contributed by atoms with Crippen molar-refractivity contribution < 1.29 is 28.7 Å². The zero-order chi connectivity index (χ0) is 27.6. The summed E-state index contributed by atoms with van der Waals surface area (Å²) in [6.07, 6.45) is -1.12. The Morgan fingerprint density at radius 2 is 1.45 bits per heavy atom. The zero-order valence-corrected chi connectivity index (χ0v) is 22.5. The number of ether oxygens (including phenoxy) is 2. The molecule has 0 spiro atoms. The summed E-state index contributed by atoms with van der Waals surface area (Å²) in [4.78, 5) is 56.6. The lowest BCUT2D eigenvalue weighted by Crippen LogP contribution is -2.51. The highest BCUT2D eigenvalue weighted by molar-refractivity contribution is 6.03. The number of fused-ring (bicyclic) bond motifs is 1. The Morgan fingerprint density at radius 3 is 2.03 bits per heavy atom. The summed E-state index contributed by atoms with van der Waals surface area (Å²) in [5, 5.41) is 0. The van der Waals surface area contributed by atoms with Crippen molar-refractivity contribution in [2.24, 2.45) is 0 Å². The molecule has 202 valence electrons. The van der Waals surface area contributed by atoms with Crippen molar-refractivity contribution in [2.75, 3.05) is 49.6 Å². The Hall–Kier alpha value is -4.08. The van der Waals surface area contributed by atoms with E-state index >= 15 is 0 Å². The molecule has 2 aliphatic rings. The van der Waals surface area contributed by atoms with Crippen LogP contribution in [0.2, 0.25) is 0 Å². The van der Waals surface area contributed by atoms with Gasteiger partial charge in [-0.2, -0.15) is 0 Å². The van der Waals surface area contributed by atoms with Gasteiger partial charge < -0.3 is 24.2 Å². The van der Waals surface area contributed by atoms with E-state index in [2.05, 4.69) is 0 Å². The Bertz CT molecular complexity index is 1220. The molecule has 1 atom stereocenters. The van der Waals surface area contributed by atoms with Gasteiger partial charge in [-0.05, 0) is 56.2 Å². The maximum absolute atomic E-state index is 13.0. The van der Waals surface area contributed by atoms with Crippen molar-refractivity contribution in [2.45, 2.75) is 39.8 Å². The Morgan fingerprint density at radius 1 is 0.842 bits per heavy atom. The molecule has 0 unspecified atom stereocenters. The van der Waals surface area contributed by atoms with E-state index in [1.54, 1.807) is 45.6 Å². The second kappa shape index (κ2) is 11.1. The lowest BCUT2D eigenvalue weighted by atomic mass is 9.99. The summed E-state index contributed by atoms with van der Waals surface area (Å²) < 4.78 is 10.2. The molecule has 2 aromatic carbocycles. The van der Waals surface area contributed by atoms with E-state index in [-0.39, 0.29) is 30.1 Å². The minimum atomic E-state index is -0.457. The molecule has 1 fully saturated rings. The van der Waals surface area contributed by atoms with Gasteiger partial charge in [0.25, 0.3) is 5.91 Å². The molecule has 4 rings (SSSR count). The van der Waals surface area contributed by atoms with Crippen LogP contribution >= 0.6 is 0 Å². The SMILES string of the molecule is COC(=O)N1CCN(C(=O)c2ccc(-c3ccc4c(c3)N(C(=O)OC(C)C)C[C@H](C)N4C(C)=O)cc2)CC1. The fourth-order valence-corrected chi connectivity index (χ4v) is 4.93. The lowest BCUT2D eigenvalue weighted by molar-refractivity contribution is -0.117. The summed E-state index contributed by atoms with van der Waals surface area (Å²) >= 11 is 0. The first kappa shape index (κ1) is 27.0. The van der Waals surface area contributed by atoms with Gasteiger partial charge in [-0.15, -0.1) is 0 Å². The third kappa shape index (κ3) is 5.44. The van der Waals surface area contributed by atoms with Crippen molar-refractivity contribution in [3.05, 3.63) is 48.0 Å². The van der Waals surface area contributed by atoms with Gasteiger partial charge >= 0.3 is 12.2 Å². The quantitative estimate of drug-likeness (QED) is 0.605. The van der Waals surface area contributed by atoms with Gasteiger partial charge in [-0.25, -0.2) is 9.59 Å². The van der Waals surface area contributed by atoms with Crippen LogP contribution in [0.15, 0.2) is 42.5 Å². The lowest BCUT2D eigenvalue weighted by Gasteiger charge is -2.40. The van der Waals surface area contributed by atoms with Crippen molar-refractivity contribution >= 4 is 35.4 Å². The molecule has 0 aromatic heterocycles. The molecule has 1 saturated heterocycles. The second-order valence-corrected chi connectivity index (χ2v) is 9.81. The van der Waals surface area contributed by atoms with Gasteiger partial charge in [0.1, 0.15) is 0 Å². The van der Waals surface area contributed by atoms with E-state index in [4.69, 9.17) is 9.47 Å². The number of carbonyl (C=O) groups excluding carboxylic acids is 4. The van der Waals surface area contributed by atoms with Crippen molar-refractivity contribution in [3.63, 3.8) is 0 Å². The average Bonchev–Trinajstić information content (AvgIpc) is 2.91. The van der Waals surface area contributed by atoms with Gasteiger partial charge in [0.2, 0.25) is 5.91 Å². The van der Waals surface area contributed by atoms with E-state index < -0.39 is 6.09 Å². The summed E-state index contributed by atoms with van der Waals surface area (Å²) in [6.45, 7) is 9.06. The number of hydrogen-bond acceptors (Lipinski definition) is 6. The minimum absolute atomic E-state index is 0.0970. The van der Waals surface area contributed by atoms with Crippen molar-refractivity contribution in [1.82, 2.24) is 9.80 Å². The number of amides is 4. The Kier molecular flexibility index (Phi) is 7.89. The predicted octanol–water partition coefficient (Wildman–Crippen LogP) is 3.98. The topological polar surface area (TPSA) is 99.7 Å². The standard InChI is InChI=1S/C28H34N4O6/c1-18(2)38-28(36)31-17-19(3)32(20(4)33)24-11-10-23(16-25(24)31)21-6-8-22(9-7-21)26(34)29-12-14-30(15-13-29)27(35)37-5/h6-11,16,18-19H,12-15,17H2,1-5H3/t19-/m0/s1. The largest absolute Gasteiger partial charge is 0.453 e. The molecule has 0 N–H and O–H groups in total. The molecule has 10 nitrogen and oxygen atoms in total. The molecular formula is C28H34N4O6. The van der Waals surface area contributed by atoms with Crippen molar-refractivity contribution in [1.29, 1.82) is 0 Å². The van der Waals surface area contributed by atoms with Gasteiger partial charge in [0, 0.05) is 45.2 Å². The maximum atomic E-state index is 13.0. The first-order valence-corrected chi connectivity index (χ1v) is 12.7. The summed E-state index contributed by atoms with van der Waals surface area (Å²) in [5.74, 6) is -0.195. The van der Waals surface area contributed by atoms with Crippen LogP contribution in [-0.2, 0) is 14.3 Å². The Balaban J connectivity index is 1.57. The summed E-state index contributed by atoms with van der Waals surface area (Å²) in [5.41, 5.74) is 3.51. The van der Waals surface area contributed by atoms with Crippen LogP contribution in [0.4, 0.5) is 21.0 Å². The fraction of sp³-hybridized carbons (Fsp3) is 0.429. The van der Waals surface area contributed by atoms with Gasteiger partial charge in [0.15, 0.2) is 0 Å². The number of nitrogens with zero attached hydrogens (tertiary/aromatic N) is 4. The van der Waals surface area contributed by atoms with Crippen LogP contribution in [0.3, 0.4) is 0 Å². The van der Waals surface area contributed by atoms with E-state index in [9.17, 15) is 19.2 Å². The summed E-state index contributed by atoms with van der Waals surface area (Å²) in [7, 11) is 1.35. The number of piperazine rings is 1. The number of benzene rings is 2. The molecule has 0 radical (unpaired) electrons. The van der Waals surface area contributed by atoms with Crippen LogP contribution in [-0.4, -0.2) is 85.8 Å². The van der Waals surface area contributed by atoms with Crippen LogP contribution in [0, 0.1) is 0 Å². The van der Waals surface area contributed by atoms with E-state index in [1.807, 2.05) is 37.3 Å². The highest BCUT2D eigenvalue weighted by Gasteiger charge is 2.35. The number of methoxy groups -OCH3 is 1. The molecule has 2 aromatic rings. The maximum Gasteiger partial charge on any atom is 0.414 e. The molecule has 0 aliphatic carbocycles. The van der Waals surface area contributed by atoms with Crippen LogP contribution in [0.1, 0.15) is 38.1 Å². The number of anilines is 2. The van der Waals surface area contributed by atoms with Crippen molar-refractivity contribution in [3.8, 4) is 11.1 Å². The number of rotatable bonds is 3. The van der Waals surface area contributed by atoms with Crippen LogP contribution in [0.25, 0.3) is 11.1 Å². The van der Waals surface area contributed by atoms with E-state index in [0.717, 1.165) is 11.1 Å². The first-order chi connectivity index (χ1) is 18.1. The first-order valence-electron chi connectivity index (χ1n) is 12.7. The van der Waals surface area contributed by atoms with Gasteiger partial charge in [-0.3, -0.25) is 14.5 Å². The normalized spacial score (nSPS) is 17.3. The molecule has 38 heavy (non-hydrogen) atoms. The smallest absolute Gasteiger partial charge is 0.414 e. The molecule has 4 amide bonds. The van der Waals surface area contributed by atoms with E-state index in [1.165, 1.54) is 14.0 Å². The monoisotopic (exact) mass is 522 g/mol. The molecular weight excluding hydrogens is 488 g/mol. The predicted molar refractivity (Wildman–Crippen MR) is 143 cm³/mol. The zero-order valence-electron chi connectivity index (χ0n) is 22.5. The van der Waals surface area contributed by atoms with Gasteiger partial charge in [0.05, 0.1) is 30.6 Å². The second-order valence-electron chi connectivity index (χ2n) is 9.81. The van der Waals surface area contributed by atoms with Crippen LogP contribution < -0.4 is 9.80 Å². The fourth-order valence-electron chi connectivity index (χ4n) is 4.93. The molecule has 2 heterocycles. The summed E-state index contributed by atoms with van der Waals surface area (Å²) in [6, 6.07) is 12.7. The molecule has 2 aliphatic heterocycles. The minimum Gasteiger partial charge on any atom is -0.453 e. The highest BCUT2D eigenvalue weighted by Crippen LogP contribution is 2.39. The third-order valence-electron chi connectivity index (χ3n) is 6.77.